The first-order valence-electron chi connectivity index (χ1n) is 8.76. The van der Waals surface area contributed by atoms with Crippen LogP contribution in [0.15, 0.2) is 47.4 Å². The van der Waals surface area contributed by atoms with Gasteiger partial charge < -0.3 is 10.2 Å². The highest BCUT2D eigenvalue weighted by Crippen LogP contribution is 2.37. The zero-order valence-electron chi connectivity index (χ0n) is 14.9. The van der Waals surface area contributed by atoms with Crippen molar-refractivity contribution < 1.29 is 9.59 Å². The Kier molecular flexibility index (Phi) is 6.68. The van der Waals surface area contributed by atoms with Crippen LogP contribution >= 0.6 is 35.0 Å². The lowest BCUT2D eigenvalue weighted by Crippen LogP contribution is -2.42. The third-order valence-electron chi connectivity index (χ3n) is 4.26. The third-order valence-corrected chi connectivity index (χ3v) is 6.13. The van der Waals surface area contributed by atoms with E-state index in [2.05, 4.69) is 5.32 Å². The van der Waals surface area contributed by atoms with E-state index in [9.17, 15) is 9.59 Å². The van der Waals surface area contributed by atoms with E-state index in [-0.39, 0.29) is 23.6 Å². The molecule has 27 heavy (non-hydrogen) atoms. The minimum Gasteiger partial charge on any atom is -0.332 e. The van der Waals surface area contributed by atoms with Crippen molar-refractivity contribution >= 4 is 52.5 Å². The maximum atomic E-state index is 13.0. The standard InChI is InChI=1S/C20H20Cl2N2O2S/c1-2-9-24(12-19(25)23-16-11-14(21)7-8-15(16)22)20(26)18-10-13-5-3-4-6-17(13)27-18/h3-8,11,18H,2,9-10,12H2,1H3,(H,23,25). The summed E-state index contributed by atoms with van der Waals surface area (Å²) >= 11 is 13.6. The molecule has 0 saturated heterocycles. The lowest BCUT2D eigenvalue weighted by Gasteiger charge is -2.24. The van der Waals surface area contributed by atoms with Gasteiger partial charge in [0, 0.05) is 16.5 Å². The fourth-order valence-corrected chi connectivity index (χ4v) is 4.63. The molecule has 3 rings (SSSR count). The molecule has 0 radical (unpaired) electrons. The summed E-state index contributed by atoms with van der Waals surface area (Å²) in [7, 11) is 0. The maximum absolute atomic E-state index is 13.0. The lowest BCUT2D eigenvalue weighted by molar-refractivity contribution is -0.134. The molecule has 0 aliphatic carbocycles. The topological polar surface area (TPSA) is 49.4 Å². The van der Waals surface area contributed by atoms with E-state index < -0.39 is 0 Å². The molecule has 2 aromatic rings. The zero-order chi connectivity index (χ0) is 19.4. The first kappa shape index (κ1) is 20.1. The van der Waals surface area contributed by atoms with Gasteiger partial charge in [0.05, 0.1) is 22.5 Å². The number of carbonyl (C=O) groups excluding carboxylic acids is 2. The van der Waals surface area contributed by atoms with Crippen LogP contribution in [-0.2, 0) is 16.0 Å². The van der Waals surface area contributed by atoms with Gasteiger partial charge in [-0.05, 0) is 42.7 Å². The highest BCUT2D eigenvalue weighted by molar-refractivity contribution is 8.01. The van der Waals surface area contributed by atoms with Crippen LogP contribution in [0.5, 0.6) is 0 Å². The van der Waals surface area contributed by atoms with Crippen molar-refractivity contribution in [2.24, 2.45) is 0 Å². The number of thioether (sulfide) groups is 1. The molecule has 2 aromatic carbocycles. The molecule has 0 fully saturated rings. The number of carbonyl (C=O) groups is 2. The van der Waals surface area contributed by atoms with Crippen LogP contribution in [0.2, 0.25) is 10.0 Å². The van der Waals surface area contributed by atoms with Crippen LogP contribution in [0, 0.1) is 0 Å². The third kappa shape index (κ3) is 4.98. The number of hydrogen-bond donors (Lipinski definition) is 1. The number of nitrogens with zero attached hydrogens (tertiary/aromatic N) is 1. The predicted octanol–water partition coefficient (Wildman–Crippen LogP) is 4.89. The van der Waals surface area contributed by atoms with E-state index in [0.29, 0.717) is 28.7 Å². The van der Waals surface area contributed by atoms with E-state index in [1.165, 1.54) is 5.56 Å². The average Bonchev–Trinajstić information content (AvgIpc) is 3.08. The molecule has 0 spiro atoms. The molecule has 4 nitrogen and oxygen atoms in total. The number of fused-ring (bicyclic) bond motifs is 1. The van der Waals surface area contributed by atoms with Gasteiger partial charge in [-0.1, -0.05) is 48.3 Å². The Hall–Kier alpha value is -1.69. The van der Waals surface area contributed by atoms with Gasteiger partial charge in [0.15, 0.2) is 0 Å². The van der Waals surface area contributed by atoms with Crippen molar-refractivity contribution in [1.29, 1.82) is 0 Å². The van der Waals surface area contributed by atoms with Gasteiger partial charge in [-0.3, -0.25) is 9.59 Å². The SMILES string of the molecule is CCCN(CC(=O)Nc1cc(Cl)ccc1Cl)C(=O)C1Cc2ccccc2S1. The number of benzene rings is 2. The summed E-state index contributed by atoms with van der Waals surface area (Å²) in [5.74, 6) is -0.299. The van der Waals surface area contributed by atoms with E-state index in [1.807, 2.05) is 31.2 Å². The number of rotatable bonds is 6. The van der Waals surface area contributed by atoms with Gasteiger partial charge >= 0.3 is 0 Å². The normalized spacial score (nSPS) is 15.3. The van der Waals surface area contributed by atoms with Crippen molar-refractivity contribution in [1.82, 2.24) is 4.90 Å². The summed E-state index contributed by atoms with van der Waals surface area (Å²) < 4.78 is 0. The summed E-state index contributed by atoms with van der Waals surface area (Å²) in [4.78, 5) is 28.2. The molecule has 142 valence electrons. The molecule has 1 heterocycles. The van der Waals surface area contributed by atoms with Gasteiger partial charge in [-0.25, -0.2) is 0 Å². The molecule has 1 N–H and O–H groups in total. The van der Waals surface area contributed by atoms with Gasteiger partial charge in [0.1, 0.15) is 0 Å². The zero-order valence-corrected chi connectivity index (χ0v) is 17.2. The average molecular weight is 423 g/mol. The second-order valence-electron chi connectivity index (χ2n) is 6.35. The van der Waals surface area contributed by atoms with Gasteiger partial charge in [-0.15, -0.1) is 11.8 Å². The second kappa shape index (κ2) is 9.00. The quantitative estimate of drug-likeness (QED) is 0.720. The van der Waals surface area contributed by atoms with Crippen molar-refractivity contribution in [2.45, 2.75) is 29.9 Å². The first-order valence-corrected chi connectivity index (χ1v) is 10.4. The molecular formula is C20H20Cl2N2O2S. The highest BCUT2D eigenvalue weighted by atomic mass is 35.5. The molecule has 0 bridgehead atoms. The molecule has 0 saturated carbocycles. The predicted molar refractivity (Wildman–Crippen MR) is 112 cm³/mol. The van der Waals surface area contributed by atoms with Crippen LogP contribution in [0.3, 0.4) is 0 Å². The monoisotopic (exact) mass is 422 g/mol. The van der Waals surface area contributed by atoms with Gasteiger partial charge in [0.2, 0.25) is 11.8 Å². The van der Waals surface area contributed by atoms with E-state index >= 15 is 0 Å². The Balaban J connectivity index is 1.66. The smallest absolute Gasteiger partial charge is 0.244 e. The number of anilines is 1. The van der Waals surface area contributed by atoms with E-state index in [4.69, 9.17) is 23.2 Å². The Morgan fingerprint density at radius 1 is 1.22 bits per heavy atom. The molecule has 1 unspecified atom stereocenters. The van der Waals surface area contributed by atoms with E-state index in [0.717, 1.165) is 11.3 Å². The number of nitrogens with one attached hydrogen (secondary N) is 1. The largest absolute Gasteiger partial charge is 0.332 e. The highest BCUT2D eigenvalue weighted by Gasteiger charge is 2.31. The van der Waals surface area contributed by atoms with Gasteiger partial charge in [0.25, 0.3) is 0 Å². The first-order chi connectivity index (χ1) is 13.0. The molecule has 1 aliphatic rings. The van der Waals surface area contributed by atoms with Crippen LogP contribution in [0.25, 0.3) is 0 Å². The van der Waals surface area contributed by atoms with Gasteiger partial charge in [-0.2, -0.15) is 0 Å². The molecule has 0 aromatic heterocycles. The molecule has 1 aliphatic heterocycles. The molecule has 7 heteroatoms. The number of amides is 2. The summed E-state index contributed by atoms with van der Waals surface area (Å²) in [6.07, 6.45) is 1.48. The van der Waals surface area contributed by atoms with Crippen molar-refractivity contribution in [3.05, 3.63) is 58.1 Å². The van der Waals surface area contributed by atoms with Crippen molar-refractivity contribution in [2.75, 3.05) is 18.4 Å². The summed E-state index contributed by atoms with van der Waals surface area (Å²) in [6, 6.07) is 12.9. The fourth-order valence-electron chi connectivity index (χ4n) is 3.02. The lowest BCUT2D eigenvalue weighted by atomic mass is 10.1. The van der Waals surface area contributed by atoms with Crippen molar-refractivity contribution in [3.8, 4) is 0 Å². The van der Waals surface area contributed by atoms with Crippen LogP contribution in [-0.4, -0.2) is 35.1 Å². The number of halogens is 2. The summed E-state index contributed by atoms with van der Waals surface area (Å²) in [6.45, 7) is 2.51. The Morgan fingerprint density at radius 2 is 2.00 bits per heavy atom. The molecular weight excluding hydrogens is 403 g/mol. The second-order valence-corrected chi connectivity index (χ2v) is 8.44. The number of hydrogen-bond acceptors (Lipinski definition) is 3. The summed E-state index contributed by atoms with van der Waals surface area (Å²) in [5, 5.41) is 3.45. The fraction of sp³-hybridized carbons (Fsp3) is 0.300. The Morgan fingerprint density at radius 3 is 2.74 bits per heavy atom. The van der Waals surface area contributed by atoms with E-state index in [1.54, 1.807) is 34.9 Å². The molecule has 1 atom stereocenters. The molecule has 2 amide bonds. The van der Waals surface area contributed by atoms with Crippen LogP contribution in [0.4, 0.5) is 5.69 Å². The Labute approximate surface area is 173 Å². The minimum atomic E-state index is -0.290. The summed E-state index contributed by atoms with van der Waals surface area (Å²) in [5.41, 5.74) is 1.63. The minimum absolute atomic E-state index is 0.00890. The maximum Gasteiger partial charge on any atom is 0.244 e. The Bertz CT molecular complexity index is 835. The van der Waals surface area contributed by atoms with Crippen LogP contribution in [0.1, 0.15) is 18.9 Å². The van der Waals surface area contributed by atoms with Crippen molar-refractivity contribution in [3.63, 3.8) is 0 Å². The van der Waals surface area contributed by atoms with Crippen LogP contribution < -0.4 is 5.32 Å².